The highest BCUT2D eigenvalue weighted by molar-refractivity contribution is 5.18. The van der Waals surface area contributed by atoms with Crippen molar-refractivity contribution in [2.24, 2.45) is 5.41 Å². The Morgan fingerprint density at radius 3 is 2.24 bits per heavy atom. The van der Waals surface area contributed by atoms with Crippen molar-refractivity contribution in [3.63, 3.8) is 0 Å². The number of aliphatic hydroxyl groups excluding tert-OH is 1. The van der Waals surface area contributed by atoms with Gasteiger partial charge in [-0.1, -0.05) is 44.2 Å². The molecule has 1 aliphatic heterocycles. The average Bonchev–Trinajstić information content (AvgIpc) is 2.29. The minimum Gasteiger partial charge on any atom is -0.387 e. The first-order valence-electron chi connectivity index (χ1n) is 6.33. The van der Waals surface area contributed by atoms with Gasteiger partial charge in [0.25, 0.3) is 0 Å². The molecule has 1 aliphatic rings. The first-order valence-corrected chi connectivity index (χ1v) is 6.33. The Morgan fingerprint density at radius 2 is 1.76 bits per heavy atom. The fourth-order valence-corrected chi connectivity index (χ4v) is 2.49. The SMILES string of the molecule is CC1(C)CN(CC(O)c2ccccc2)C1(C)C. The van der Waals surface area contributed by atoms with Gasteiger partial charge in [-0.05, 0) is 24.8 Å². The predicted octanol–water partition coefficient (Wildman–Crippen LogP) is 2.84. The van der Waals surface area contributed by atoms with Crippen LogP contribution in [0.4, 0.5) is 0 Å². The third-order valence-electron chi connectivity index (χ3n) is 4.61. The largest absolute Gasteiger partial charge is 0.387 e. The van der Waals surface area contributed by atoms with E-state index in [4.69, 9.17) is 0 Å². The van der Waals surface area contributed by atoms with Crippen LogP contribution in [0.5, 0.6) is 0 Å². The summed E-state index contributed by atoms with van der Waals surface area (Å²) < 4.78 is 0. The van der Waals surface area contributed by atoms with Gasteiger partial charge in [-0.25, -0.2) is 0 Å². The molecule has 2 heteroatoms. The number of benzene rings is 1. The van der Waals surface area contributed by atoms with Crippen molar-refractivity contribution in [1.29, 1.82) is 0 Å². The van der Waals surface area contributed by atoms with E-state index in [1.165, 1.54) is 0 Å². The summed E-state index contributed by atoms with van der Waals surface area (Å²) in [6.07, 6.45) is -0.383. The molecule has 1 unspecified atom stereocenters. The molecule has 0 spiro atoms. The standard InChI is InChI=1S/C15H23NO/c1-14(2)11-16(15(14,3)4)10-13(17)12-8-6-5-7-9-12/h5-9,13,17H,10-11H2,1-4H3. The molecule has 2 nitrogen and oxygen atoms in total. The molecule has 0 aliphatic carbocycles. The molecular formula is C15H23NO. The summed E-state index contributed by atoms with van der Waals surface area (Å²) in [6.45, 7) is 10.9. The van der Waals surface area contributed by atoms with E-state index in [0.717, 1.165) is 18.7 Å². The summed E-state index contributed by atoms with van der Waals surface area (Å²) >= 11 is 0. The first-order chi connectivity index (χ1) is 7.84. The third-order valence-corrected chi connectivity index (χ3v) is 4.61. The van der Waals surface area contributed by atoms with E-state index in [-0.39, 0.29) is 11.6 Å². The molecule has 1 aromatic carbocycles. The fraction of sp³-hybridized carbons (Fsp3) is 0.600. The smallest absolute Gasteiger partial charge is 0.0917 e. The fourth-order valence-electron chi connectivity index (χ4n) is 2.49. The maximum atomic E-state index is 10.2. The van der Waals surface area contributed by atoms with Crippen LogP contribution >= 0.6 is 0 Å². The highest BCUT2D eigenvalue weighted by atomic mass is 16.3. The normalized spacial score (nSPS) is 24.1. The van der Waals surface area contributed by atoms with Gasteiger partial charge < -0.3 is 5.11 Å². The quantitative estimate of drug-likeness (QED) is 0.867. The highest BCUT2D eigenvalue weighted by Crippen LogP contribution is 2.46. The summed E-state index contributed by atoms with van der Waals surface area (Å²) in [5, 5.41) is 10.2. The van der Waals surface area contributed by atoms with E-state index >= 15 is 0 Å². The molecule has 94 valence electrons. The van der Waals surface area contributed by atoms with Crippen LogP contribution in [0.1, 0.15) is 39.4 Å². The number of hydrogen-bond acceptors (Lipinski definition) is 2. The van der Waals surface area contributed by atoms with Gasteiger partial charge in [-0.3, -0.25) is 4.90 Å². The van der Waals surface area contributed by atoms with E-state index in [2.05, 4.69) is 32.6 Å². The molecule has 1 atom stereocenters. The van der Waals surface area contributed by atoms with Crippen molar-refractivity contribution < 1.29 is 5.11 Å². The van der Waals surface area contributed by atoms with Crippen LogP contribution in [0.3, 0.4) is 0 Å². The zero-order valence-electron chi connectivity index (χ0n) is 11.3. The van der Waals surface area contributed by atoms with E-state index in [1.54, 1.807) is 0 Å². The Morgan fingerprint density at radius 1 is 1.18 bits per heavy atom. The third kappa shape index (κ3) is 2.12. The van der Waals surface area contributed by atoms with Crippen molar-refractivity contribution in [3.05, 3.63) is 35.9 Å². The summed E-state index contributed by atoms with van der Waals surface area (Å²) in [5.41, 5.74) is 1.51. The summed E-state index contributed by atoms with van der Waals surface area (Å²) in [5.74, 6) is 0. The van der Waals surface area contributed by atoms with E-state index < -0.39 is 0 Å². The lowest BCUT2D eigenvalue weighted by atomic mass is 9.65. The molecule has 1 heterocycles. The molecular weight excluding hydrogens is 210 g/mol. The van der Waals surface area contributed by atoms with E-state index in [0.29, 0.717) is 5.41 Å². The Balaban J connectivity index is 2.00. The molecule has 1 saturated heterocycles. The summed E-state index contributed by atoms with van der Waals surface area (Å²) in [7, 11) is 0. The first kappa shape index (κ1) is 12.6. The second-order valence-electron chi connectivity index (χ2n) is 6.25. The van der Waals surface area contributed by atoms with Gasteiger partial charge >= 0.3 is 0 Å². The van der Waals surface area contributed by atoms with Crippen LogP contribution in [0.2, 0.25) is 0 Å². The lowest BCUT2D eigenvalue weighted by Gasteiger charge is -2.62. The molecule has 1 fully saturated rings. The molecule has 0 saturated carbocycles. The van der Waals surface area contributed by atoms with Crippen molar-refractivity contribution in [3.8, 4) is 0 Å². The van der Waals surface area contributed by atoms with Crippen molar-refractivity contribution in [2.75, 3.05) is 13.1 Å². The molecule has 17 heavy (non-hydrogen) atoms. The van der Waals surface area contributed by atoms with Gasteiger partial charge in [0.1, 0.15) is 0 Å². The lowest BCUT2D eigenvalue weighted by molar-refractivity contribution is -0.131. The van der Waals surface area contributed by atoms with Crippen LogP contribution in [-0.2, 0) is 0 Å². The van der Waals surface area contributed by atoms with Gasteiger partial charge in [-0.15, -0.1) is 0 Å². The second kappa shape index (κ2) is 4.11. The lowest BCUT2D eigenvalue weighted by Crippen LogP contribution is -2.69. The van der Waals surface area contributed by atoms with Crippen LogP contribution < -0.4 is 0 Å². The predicted molar refractivity (Wildman–Crippen MR) is 70.8 cm³/mol. The van der Waals surface area contributed by atoms with Crippen LogP contribution in [0.25, 0.3) is 0 Å². The second-order valence-corrected chi connectivity index (χ2v) is 6.25. The monoisotopic (exact) mass is 233 g/mol. The number of nitrogens with zero attached hydrogens (tertiary/aromatic N) is 1. The van der Waals surface area contributed by atoms with Crippen molar-refractivity contribution in [2.45, 2.75) is 39.3 Å². The van der Waals surface area contributed by atoms with Gasteiger partial charge in [-0.2, -0.15) is 0 Å². The minimum atomic E-state index is -0.383. The van der Waals surface area contributed by atoms with E-state index in [9.17, 15) is 5.11 Å². The average molecular weight is 233 g/mol. The number of likely N-dealkylation sites (tertiary alicyclic amines) is 1. The Kier molecular flexibility index (Phi) is 3.04. The number of rotatable bonds is 3. The van der Waals surface area contributed by atoms with E-state index in [1.807, 2.05) is 30.3 Å². The van der Waals surface area contributed by atoms with Crippen molar-refractivity contribution in [1.82, 2.24) is 4.90 Å². The molecule has 0 amide bonds. The zero-order chi connectivity index (χ0) is 12.7. The maximum Gasteiger partial charge on any atom is 0.0917 e. The van der Waals surface area contributed by atoms with Gasteiger partial charge in [0, 0.05) is 18.6 Å². The molecule has 0 aromatic heterocycles. The van der Waals surface area contributed by atoms with Crippen LogP contribution in [0, 0.1) is 5.41 Å². The molecule has 0 bridgehead atoms. The van der Waals surface area contributed by atoms with Crippen LogP contribution in [-0.4, -0.2) is 28.6 Å². The maximum absolute atomic E-state index is 10.2. The van der Waals surface area contributed by atoms with Gasteiger partial charge in [0.05, 0.1) is 6.10 Å². The Bertz CT molecular complexity index is 383. The summed E-state index contributed by atoms with van der Waals surface area (Å²) in [4.78, 5) is 2.37. The topological polar surface area (TPSA) is 23.5 Å². The number of aliphatic hydroxyl groups is 1. The van der Waals surface area contributed by atoms with Gasteiger partial charge in [0.15, 0.2) is 0 Å². The Labute approximate surface area is 104 Å². The Hall–Kier alpha value is -0.860. The summed E-state index contributed by atoms with van der Waals surface area (Å²) in [6, 6.07) is 9.91. The highest BCUT2D eigenvalue weighted by Gasteiger charge is 2.52. The molecule has 1 aromatic rings. The molecule has 0 radical (unpaired) electrons. The van der Waals surface area contributed by atoms with Gasteiger partial charge in [0.2, 0.25) is 0 Å². The van der Waals surface area contributed by atoms with Crippen molar-refractivity contribution >= 4 is 0 Å². The molecule has 2 rings (SSSR count). The van der Waals surface area contributed by atoms with Crippen LogP contribution in [0.15, 0.2) is 30.3 Å². The number of hydrogen-bond donors (Lipinski definition) is 1. The molecule has 1 N–H and O–H groups in total. The zero-order valence-corrected chi connectivity index (χ0v) is 11.3. The number of β-amino-alcohol motifs (C(OH)–C–C–N with tert-alkyl or cyclic N) is 1. The minimum absolute atomic E-state index is 0.169.